The number of carbonyl (C=O) groups is 3. The van der Waals surface area contributed by atoms with Crippen LogP contribution in [0.15, 0.2) is 33.3 Å². The van der Waals surface area contributed by atoms with Gasteiger partial charge in [-0.3, -0.25) is 14.5 Å². The average molecular weight is 520 g/mol. The molecule has 3 aliphatic rings. The van der Waals surface area contributed by atoms with Crippen LogP contribution in [-0.2, 0) is 25.6 Å². The van der Waals surface area contributed by atoms with E-state index in [1.165, 1.54) is 4.90 Å². The van der Waals surface area contributed by atoms with Crippen molar-refractivity contribution in [2.24, 2.45) is 5.92 Å². The molecule has 4 atom stereocenters. The number of imide groups is 1. The monoisotopic (exact) mass is 519 g/mol. The molecule has 0 radical (unpaired) electrons. The molecule has 12 heteroatoms. The number of carbonyl (C=O) groups excluding carboxylic acids is 3. The van der Waals surface area contributed by atoms with E-state index in [0.717, 1.165) is 9.37 Å². The van der Waals surface area contributed by atoms with E-state index in [1.54, 1.807) is 19.1 Å². The van der Waals surface area contributed by atoms with Crippen molar-refractivity contribution in [1.29, 1.82) is 0 Å². The Balaban J connectivity index is 1.40. The van der Waals surface area contributed by atoms with Crippen molar-refractivity contribution in [1.82, 2.24) is 19.9 Å². The summed E-state index contributed by atoms with van der Waals surface area (Å²) in [5.74, 6) is -0.674. The quantitative estimate of drug-likeness (QED) is 0.635. The molecule has 0 bridgehead atoms. The van der Waals surface area contributed by atoms with Crippen molar-refractivity contribution in [3.05, 3.63) is 40.5 Å². The summed E-state index contributed by atoms with van der Waals surface area (Å²) in [7, 11) is 0. The maximum absolute atomic E-state index is 13.4. The first-order chi connectivity index (χ1) is 15.9. The van der Waals surface area contributed by atoms with Gasteiger partial charge in [0.15, 0.2) is 5.82 Å². The van der Waals surface area contributed by atoms with Gasteiger partial charge in [-0.2, -0.15) is 4.98 Å². The van der Waals surface area contributed by atoms with E-state index in [0.29, 0.717) is 24.4 Å². The summed E-state index contributed by atoms with van der Waals surface area (Å²) >= 11 is 3.40. The van der Waals surface area contributed by atoms with Crippen molar-refractivity contribution >= 4 is 39.5 Å². The molecule has 33 heavy (non-hydrogen) atoms. The van der Waals surface area contributed by atoms with Crippen LogP contribution >= 0.6 is 15.9 Å². The third-order valence-electron chi connectivity index (χ3n) is 6.19. The molecule has 3 fully saturated rings. The van der Waals surface area contributed by atoms with Crippen LogP contribution in [-0.4, -0.2) is 69.4 Å². The Morgan fingerprint density at radius 2 is 1.97 bits per heavy atom. The first kappa shape index (κ1) is 22.0. The van der Waals surface area contributed by atoms with Gasteiger partial charge in [-0.25, -0.2) is 4.79 Å². The number of nitrogens with zero attached hydrogens (tertiary/aromatic N) is 4. The highest BCUT2D eigenvalue weighted by Crippen LogP contribution is 2.39. The van der Waals surface area contributed by atoms with E-state index in [-0.39, 0.29) is 49.8 Å². The van der Waals surface area contributed by atoms with Gasteiger partial charge in [0.05, 0.1) is 23.8 Å². The van der Waals surface area contributed by atoms with Gasteiger partial charge >= 0.3 is 6.03 Å². The molecule has 1 aliphatic carbocycles. The molecule has 4 unspecified atom stereocenters. The lowest BCUT2D eigenvalue weighted by Gasteiger charge is -2.48. The fourth-order valence-electron chi connectivity index (χ4n) is 4.66. The van der Waals surface area contributed by atoms with Gasteiger partial charge in [-0.05, 0) is 47.8 Å². The predicted molar refractivity (Wildman–Crippen MR) is 116 cm³/mol. The number of rotatable bonds is 5. The molecule has 3 heterocycles. The minimum Gasteiger partial charge on any atom is -0.349 e. The van der Waals surface area contributed by atoms with Gasteiger partial charge in [-0.1, -0.05) is 17.3 Å². The molecule has 2 aliphatic heterocycles. The van der Waals surface area contributed by atoms with Gasteiger partial charge in [-0.15, -0.1) is 0 Å². The zero-order chi connectivity index (χ0) is 23.1. The van der Waals surface area contributed by atoms with Crippen molar-refractivity contribution in [3.8, 4) is 0 Å². The summed E-state index contributed by atoms with van der Waals surface area (Å²) in [6, 6.07) is 6.15. The molecule has 1 aromatic carbocycles. The summed E-state index contributed by atoms with van der Waals surface area (Å²) in [6.45, 7) is 1.44. The summed E-state index contributed by atoms with van der Waals surface area (Å²) in [6.07, 6.45) is 0.392. The van der Waals surface area contributed by atoms with Crippen molar-refractivity contribution < 1.29 is 28.4 Å². The average Bonchev–Trinajstić information content (AvgIpc) is 3.43. The molecule has 2 saturated heterocycles. The number of halogens is 1. The second kappa shape index (κ2) is 8.84. The molecule has 4 amide bonds. The Hall–Kier alpha value is -2.83. The van der Waals surface area contributed by atoms with Crippen LogP contribution in [0.2, 0.25) is 0 Å². The molecule has 2 aromatic rings. The number of urea groups is 1. The molecule has 5 rings (SSSR count). The molecular weight excluding hydrogens is 498 g/mol. The number of hydrogen-bond acceptors (Lipinski definition) is 8. The summed E-state index contributed by atoms with van der Waals surface area (Å²) in [5.41, 5.74) is 0.592. The number of anilines is 1. The highest BCUT2D eigenvalue weighted by atomic mass is 79.9. The molecule has 1 N–H and O–H groups in total. The topological polar surface area (TPSA) is 127 Å². The van der Waals surface area contributed by atoms with Crippen LogP contribution in [0.25, 0.3) is 0 Å². The third-order valence-corrected chi connectivity index (χ3v) is 6.88. The summed E-state index contributed by atoms with van der Waals surface area (Å²) in [5, 5.41) is 6.54. The lowest BCUT2D eigenvalue weighted by Crippen LogP contribution is -2.65. The molecule has 1 aromatic heterocycles. The van der Waals surface area contributed by atoms with Gasteiger partial charge in [0, 0.05) is 10.5 Å². The van der Waals surface area contributed by atoms with Crippen molar-refractivity contribution in [3.63, 3.8) is 0 Å². The predicted octanol–water partition coefficient (Wildman–Crippen LogP) is 2.06. The minimum absolute atomic E-state index is 0.152. The SMILES string of the molecule is Cc1noc(CN2C(=O)C3CC4OCOC4CC3N(CC(=O)Nc3ccccc3Br)C2=O)n1. The third kappa shape index (κ3) is 4.25. The van der Waals surface area contributed by atoms with E-state index < -0.39 is 18.0 Å². The Morgan fingerprint density at radius 1 is 1.21 bits per heavy atom. The first-order valence-electron chi connectivity index (χ1n) is 10.6. The Labute approximate surface area is 197 Å². The first-order valence-corrected chi connectivity index (χ1v) is 11.4. The number of fused-ring (bicyclic) bond motifs is 2. The van der Waals surface area contributed by atoms with E-state index in [9.17, 15) is 14.4 Å². The molecular formula is C21H22BrN5O6. The van der Waals surface area contributed by atoms with Gasteiger partial charge < -0.3 is 24.2 Å². The minimum atomic E-state index is -0.572. The largest absolute Gasteiger partial charge is 0.349 e. The van der Waals surface area contributed by atoms with E-state index in [2.05, 4.69) is 31.4 Å². The number of nitrogens with one attached hydrogen (secondary N) is 1. The Kier molecular flexibility index (Phi) is 5.89. The van der Waals surface area contributed by atoms with Crippen LogP contribution < -0.4 is 5.32 Å². The standard InChI is InChI=1S/C21H22BrN5O6/c1-11-23-19(33-25-11)9-27-20(29)12-6-16-17(32-10-31-16)7-15(12)26(21(27)30)8-18(28)24-14-5-3-2-4-13(14)22/h2-5,12,15-17H,6-10H2,1H3,(H,24,28). The summed E-state index contributed by atoms with van der Waals surface area (Å²) < 4.78 is 17.1. The van der Waals surface area contributed by atoms with Crippen LogP contribution in [0, 0.1) is 12.8 Å². The van der Waals surface area contributed by atoms with Gasteiger partial charge in [0.2, 0.25) is 17.7 Å². The van der Waals surface area contributed by atoms with Crippen molar-refractivity contribution in [2.75, 3.05) is 18.7 Å². The molecule has 0 spiro atoms. The maximum atomic E-state index is 13.4. The fraction of sp³-hybridized carbons (Fsp3) is 0.476. The van der Waals surface area contributed by atoms with E-state index in [4.69, 9.17) is 14.0 Å². The normalized spacial score (nSPS) is 26.8. The summed E-state index contributed by atoms with van der Waals surface area (Å²) in [4.78, 5) is 46.3. The highest BCUT2D eigenvalue weighted by molar-refractivity contribution is 9.10. The number of para-hydroxylation sites is 1. The van der Waals surface area contributed by atoms with Crippen LogP contribution in [0.4, 0.5) is 10.5 Å². The molecule has 174 valence electrons. The van der Waals surface area contributed by atoms with Gasteiger partial charge in [0.25, 0.3) is 0 Å². The number of aryl methyl sites for hydroxylation is 1. The lowest BCUT2D eigenvalue weighted by molar-refractivity contribution is -0.145. The second-order valence-corrected chi connectivity index (χ2v) is 9.13. The van der Waals surface area contributed by atoms with E-state index in [1.807, 2.05) is 12.1 Å². The zero-order valence-corrected chi connectivity index (χ0v) is 19.4. The van der Waals surface area contributed by atoms with Crippen LogP contribution in [0.1, 0.15) is 24.6 Å². The Morgan fingerprint density at radius 3 is 2.70 bits per heavy atom. The number of ether oxygens (including phenoxy) is 2. The number of amides is 4. The van der Waals surface area contributed by atoms with Crippen molar-refractivity contribution in [2.45, 2.75) is 44.6 Å². The number of aromatic nitrogens is 2. The smallest absolute Gasteiger partial charge is 0.327 e. The molecule has 11 nitrogen and oxygen atoms in total. The molecule has 1 saturated carbocycles. The lowest BCUT2D eigenvalue weighted by atomic mass is 9.78. The number of hydrogen-bond donors (Lipinski definition) is 1. The zero-order valence-electron chi connectivity index (χ0n) is 17.8. The Bertz CT molecular complexity index is 1090. The van der Waals surface area contributed by atoms with E-state index >= 15 is 0 Å². The van der Waals surface area contributed by atoms with Crippen LogP contribution in [0.5, 0.6) is 0 Å². The maximum Gasteiger partial charge on any atom is 0.327 e. The van der Waals surface area contributed by atoms with Crippen LogP contribution in [0.3, 0.4) is 0 Å². The fourth-order valence-corrected chi connectivity index (χ4v) is 5.04. The van der Waals surface area contributed by atoms with Gasteiger partial charge in [0.1, 0.15) is 19.9 Å². The highest BCUT2D eigenvalue weighted by Gasteiger charge is 2.53. The second-order valence-electron chi connectivity index (χ2n) is 8.27. The number of benzene rings is 1.